The molecule has 0 bridgehead atoms. The zero-order valence-electron chi connectivity index (χ0n) is 11.0. The summed E-state index contributed by atoms with van der Waals surface area (Å²) in [6.45, 7) is 5.76. The smallest absolute Gasteiger partial charge is 0.314 e. The lowest BCUT2D eigenvalue weighted by Crippen LogP contribution is -2.56. The van der Waals surface area contributed by atoms with Crippen LogP contribution in [0.4, 0.5) is 13.2 Å². The number of benzene rings is 1. The van der Waals surface area contributed by atoms with Crippen LogP contribution in [0, 0.1) is 0 Å². The summed E-state index contributed by atoms with van der Waals surface area (Å²) in [6.07, 6.45) is -3.20. The van der Waals surface area contributed by atoms with Crippen LogP contribution in [-0.4, -0.2) is 30.6 Å². The van der Waals surface area contributed by atoms with Gasteiger partial charge in [-0.2, -0.15) is 13.2 Å². The van der Waals surface area contributed by atoms with Crippen molar-refractivity contribution >= 4 is 0 Å². The third-order valence-corrected chi connectivity index (χ3v) is 3.45. The molecule has 0 amide bonds. The molecule has 1 aromatic rings. The SMILES string of the molecule is CCCN(Cc1ccc(C(F)(F)F)cc1)C1CNC1. The van der Waals surface area contributed by atoms with Crippen molar-refractivity contribution in [2.75, 3.05) is 19.6 Å². The molecule has 5 heteroatoms. The number of hydrogen-bond donors (Lipinski definition) is 1. The molecule has 1 N–H and O–H groups in total. The van der Waals surface area contributed by atoms with Gasteiger partial charge in [-0.25, -0.2) is 0 Å². The number of hydrogen-bond acceptors (Lipinski definition) is 2. The Balaban J connectivity index is 2.00. The molecule has 2 rings (SSSR count). The summed E-state index contributed by atoms with van der Waals surface area (Å²) in [5.74, 6) is 0. The van der Waals surface area contributed by atoms with Crippen molar-refractivity contribution in [3.63, 3.8) is 0 Å². The Morgan fingerprint density at radius 3 is 2.26 bits per heavy atom. The van der Waals surface area contributed by atoms with Gasteiger partial charge < -0.3 is 5.32 Å². The van der Waals surface area contributed by atoms with Gasteiger partial charge in [-0.15, -0.1) is 0 Å². The van der Waals surface area contributed by atoms with E-state index in [1.54, 1.807) is 12.1 Å². The first-order valence-corrected chi connectivity index (χ1v) is 6.61. The summed E-state index contributed by atoms with van der Waals surface area (Å²) < 4.78 is 37.4. The van der Waals surface area contributed by atoms with E-state index in [4.69, 9.17) is 0 Å². The molecule has 0 atom stereocenters. The van der Waals surface area contributed by atoms with Crippen LogP contribution in [0.3, 0.4) is 0 Å². The fraction of sp³-hybridized carbons (Fsp3) is 0.571. The molecule has 1 aliphatic rings. The molecule has 1 saturated heterocycles. The van der Waals surface area contributed by atoms with E-state index >= 15 is 0 Å². The molecule has 0 aromatic heterocycles. The van der Waals surface area contributed by atoms with Crippen LogP contribution in [0.1, 0.15) is 24.5 Å². The summed E-state index contributed by atoms with van der Waals surface area (Å²) in [5.41, 5.74) is 0.358. The zero-order chi connectivity index (χ0) is 13.9. The lowest BCUT2D eigenvalue weighted by molar-refractivity contribution is -0.137. The number of alkyl halides is 3. The van der Waals surface area contributed by atoms with E-state index in [1.807, 2.05) is 0 Å². The van der Waals surface area contributed by atoms with Gasteiger partial charge in [-0.05, 0) is 30.7 Å². The maximum atomic E-state index is 12.5. The maximum absolute atomic E-state index is 12.5. The lowest BCUT2D eigenvalue weighted by Gasteiger charge is -2.38. The van der Waals surface area contributed by atoms with E-state index in [9.17, 15) is 13.2 Å². The Labute approximate surface area is 111 Å². The Hall–Kier alpha value is -1.07. The fourth-order valence-electron chi connectivity index (χ4n) is 2.24. The van der Waals surface area contributed by atoms with E-state index in [-0.39, 0.29) is 0 Å². The van der Waals surface area contributed by atoms with E-state index in [0.29, 0.717) is 6.04 Å². The number of nitrogens with zero attached hydrogens (tertiary/aromatic N) is 1. The van der Waals surface area contributed by atoms with Crippen LogP contribution in [-0.2, 0) is 12.7 Å². The topological polar surface area (TPSA) is 15.3 Å². The predicted molar refractivity (Wildman–Crippen MR) is 68.8 cm³/mol. The highest BCUT2D eigenvalue weighted by molar-refractivity contribution is 5.24. The van der Waals surface area contributed by atoms with Crippen LogP contribution >= 0.6 is 0 Å². The second-order valence-electron chi connectivity index (χ2n) is 4.98. The van der Waals surface area contributed by atoms with Crippen LogP contribution < -0.4 is 5.32 Å². The third-order valence-electron chi connectivity index (χ3n) is 3.45. The molecule has 1 heterocycles. The van der Waals surface area contributed by atoms with Gasteiger partial charge in [0.15, 0.2) is 0 Å². The van der Waals surface area contributed by atoms with Gasteiger partial charge >= 0.3 is 6.18 Å². The monoisotopic (exact) mass is 272 g/mol. The van der Waals surface area contributed by atoms with E-state index < -0.39 is 11.7 Å². The molecular formula is C14H19F3N2. The second-order valence-corrected chi connectivity index (χ2v) is 4.98. The minimum Gasteiger partial charge on any atom is -0.314 e. The average Bonchev–Trinajstić information content (AvgIpc) is 2.26. The number of nitrogens with one attached hydrogen (secondary N) is 1. The summed E-state index contributed by atoms with van der Waals surface area (Å²) in [7, 11) is 0. The molecule has 1 aliphatic heterocycles. The molecule has 106 valence electrons. The van der Waals surface area contributed by atoms with Gasteiger partial charge in [-0.3, -0.25) is 4.90 Å². The molecule has 1 fully saturated rings. The molecule has 0 radical (unpaired) electrons. The Morgan fingerprint density at radius 2 is 1.84 bits per heavy atom. The Morgan fingerprint density at radius 1 is 1.21 bits per heavy atom. The van der Waals surface area contributed by atoms with Gasteiger partial charge in [0.1, 0.15) is 0 Å². The molecule has 0 aliphatic carbocycles. The molecule has 19 heavy (non-hydrogen) atoms. The zero-order valence-corrected chi connectivity index (χ0v) is 11.0. The highest BCUT2D eigenvalue weighted by atomic mass is 19.4. The van der Waals surface area contributed by atoms with E-state index in [2.05, 4.69) is 17.1 Å². The second kappa shape index (κ2) is 5.92. The van der Waals surface area contributed by atoms with Crippen molar-refractivity contribution in [2.24, 2.45) is 0 Å². The van der Waals surface area contributed by atoms with E-state index in [1.165, 1.54) is 12.1 Å². The van der Waals surface area contributed by atoms with E-state index in [0.717, 1.165) is 38.2 Å². The molecular weight excluding hydrogens is 253 g/mol. The van der Waals surface area contributed by atoms with Crippen LogP contribution in [0.5, 0.6) is 0 Å². The summed E-state index contributed by atoms with van der Waals surface area (Å²) in [5, 5.41) is 3.22. The number of halogens is 3. The standard InChI is InChI=1S/C14H19F3N2/c1-2-7-19(13-8-18-9-13)10-11-3-5-12(6-4-11)14(15,16)17/h3-6,13,18H,2,7-10H2,1H3. The Bertz CT molecular complexity index is 396. The van der Waals surface area contributed by atoms with Gasteiger partial charge in [0.2, 0.25) is 0 Å². The Kier molecular flexibility index (Phi) is 4.47. The number of rotatable bonds is 5. The van der Waals surface area contributed by atoms with Crippen molar-refractivity contribution in [3.05, 3.63) is 35.4 Å². The first-order chi connectivity index (χ1) is 9.00. The van der Waals surface area contributed by atoms with Crippen molar-refractivity contribution in [1.82, 2.24) is 10.2 Å². The highest BCUT2D eigenvalue weighted by Crippen LogP contribution is 2.29. The van der Waals surface area contributed by atoms with Crippen molar-refractivity contribution in [1.29, 1.82) is 0 Å². The predicted octanol–water partition coefficient (Wildman–Crippen LogP) is 2.89. The maximum Gasteiger partial charge on any atom is 0.416 e. The molecule has 0 spiro atoms. The summed E-state index contributed by atoms with van der Waals surface area (Å²) in [4.78, 5) is 2.33. The largest absolute Gasteiger partial charge is 0.416 e. The minimum absolute atomic E-state index is 0.516. The summed E-state index contributed by atoms with van der Waals surface area (Å²) in [6, 6.07) is 6.01. The van der Waals surface area contributed by atoms with Crippen LogP contribution in [0.25, 0.3) is 0 Å². The van der Waals surface area contributed by atoms with Gasteiger partial charge in [-0.1, -0.05) is 19.1 Å². The highest BCUT2D eigenvalue weighted by Gasteiger charge is 2.30. The average molecular weight is 272 g/mol. The third kappa shape index (κ3) is 3.70. The fourth-order valence-corrected chi connectivity index (χ4v) is 2.24. The van der Waals surface area contributed by atoms with Gasteiger partial charge in [0.05, 0.1) is 5.56 Å². The van der Waals surface area contributed by atoms with Crippen molar-refractivity contribution in [2.45, 2.75) is 32.1 Å². The quantitative estimate of drug-likeness (QED) is 0.886. The van der Waals surface area contributed by atoms with Crippen molar-refractivity contribution in [3.8, 4) is 0 Å². The summed E-state index contributed by atoms with van der Waals surface area (Å²) >= 11 is 0. The first-order valence-electron chi connectivity index (χ1n) is 6.61. The first kappa shape index (κ1) is 14.3. The molecule has 0 saturated carbocycles. The van der Waals surface area contributed by atoms with Crippen LogP contribution in [0.2, 0.25) is 0 Å². The van der Waals surface area contributed by atoms with Gasteiger partial charge in [0.25, 0.3) is 0 Å². The minimum atomic E-state index is -4.25. The molecule has 1 aromatic carbocycles. The van der Waals surface area contributed by atoms with Gasteiger partial charge in [0, 0.05) is 25.7 Å². The normalized spacial score (nSPS) is 16.7. The molecule has 2 nitrogen and oxygen atoms in total. The molecule has 0 unspecified atom stereocenters. The van der Waals surface area contributed by atoms with Crippen molar-refractivity contribution < 1.29 is 13.2 Å². The van der Waals surface area contributed by atoms with Crippen LogP contribution in [0.15, 0.2) is 24.3 Å². The lowest BCUT2D eigenvalue weighted by atomic mass is 10.1.